The van der Waals surface area contributed by atoms with Gasteiger partial charge in [0.2, 0.25) is 0 Å². The fourth-order valence-corrected chi connectivity index (χ4v) is 1.63. The molecule has 2 rings (SSSR count). The highest BCUT2D eigenvalue weighted by Gasteiger charge is 2.34. The number of amidine groups is 1. The molecule has 1 N–H and O–H groups in total. The van der Waals surface area contributed by atoms with Crippen molar-refractivity contribution >= 4 is 11.5 Å². The van der Waals surface area contributed by atoms with Crippen molar-refractivity contribution in [1.82, 2.24) is 0 Å². The van der Waals surface area contributed by atoms with Crippen molar-refractivity contribution in [2.45, 2.75) is 19.0 Å². The van der Waals surface area contributed by atoms with Gasteiger partial charge in [-0.3, -0.25) is 4.99 Å². The normalized spacial score (nSPS) is 15.9. The zero-order valence-electron chi connectivity index (χ0n) is 8.81. The summed E-state index contributed by atoms with van der Waals surface area (Å²) in [4.78, 5) is 4.08. The summed E-state index contributed by atoms with van der Waals surface area (Å²) in [5.41, 5.74) is -1.06. The summed E-state index contributed by atoms with van der Waals surface area (Å²) in [6.07, 6.45) is -3.09. The number of alkyl halides is 3. The summed E-state index contributed by atoms with van der Waals surface area (Å²) in [5.74, 6) is -0.624. The third-order valence-corrected chi connectivity index (χ3v) is 2.43. The van der Waals surface area contributed by atoms with E-state index in [2.05, 4.69) is 10.3 Å². The average Bonchev–Trinajstić information content (AvgIpc) is 2.72. The lowest BCUT2D eigenvalue weighted by atomic mass is 10.1. The van der Waals surface area contributed by atoms with E-state index in [4.69, 9.17) is 0 Å². The van der Waals surface area contributed by atoms with Crippen LogP contribution >= 0.6 is 0 Å². The number of anilines is 1. The van der Waals surface area contributed by atoms with E-state index in [-0.39, 0.29) is 5.69 Å². The van der Waals surface area contributed by atoms with E-state index in [9.17, 15) is 17.6 Å². The Kier molecular flexibility index (Phi) is 3.04. The Labute approximate surface area is 95.4 Å². The van der Waals surface area contributed by atoms with E-state index in [1.165, 1.54) is 6.07 Å². The Balaban J connectivity index is 2.24. The van der Waals surface area contributed by atoms with Crippen molar-refractivity contribution in [2.24, 2.45) is 4.99 Å². The minimum atomic E-state index is -4.68. The molecule has 0 fully saturated rings. The van der Waals surface area contributed by atoms with Crippen LogP contribution in [0.1, 0.15) is 18.4 Å². The number of benzene rings is 1. The molecular formula is C11H10F4N2. The number of hydrogen-bond donors (Lipinski definition) is 1. The van der Waals surface area contributed by atoms with Crippen LogP contribution in [0.5, 0.6) is 0 Å². The molecule has 17 heavy (non-hydrogen) atoms. The molecule has 0 bridgehead atoms. The molecule has 1 aromatic rings. The second-order valence-electron chi connectivity index (χ2n) is 3.75. The van der Waals surface area contributed by atoms with Crippen molar-refractivity contribution < 1.29 is 17.6 Å². The van der Waals surface area contributed by atoms with Crippen LogP contribution in [0.2, 0.25) is 0 Å². The summed E-state index contributed by atoms with van der Waals surface area (Å²) in [6, 6.07) is 2.84. The van der Waals surface area contributed by atoms with Gasteiger partial charge in [-0.1, -0.05) is 0 Å². The van der Waals surface area contributed by atoms with Crippen LogP contribution in [0.25, 0.3) is 0 Å². The van der Waals surface area contributed by atoms with Crippen LogP contribution < -0.4 is 5.32 Å². The molecule has 0 saturated heterocycles. The first kappa shape index (κ1) is 11.9. The first-order valence-corrected chi connectivity index (χ1v) is 5.14. The Morgan fingerprint density at radius 2 is 2.00 bits per heavy atom. The lowest BCUT2D eigenvalue weighted by Gasteiger charge is -2.11. The van der Waals surface area contributed by atoms with E-state index in [1.807, 2.05) is 0 Å². The number of hydrogen-bond acceptors (Lipinski definition) is 2. The van der Waals surface area contributed by atoms with Gasteiger partial charge in [0.05, 0.1) is 5.56 Å². The number of aliphatic imine (C=N–C) groups is 1. The maximum Gasteiger partial charge on any atom is 0.419 e. The minimum Gasteiger partial charge on any atom is -0.344 e. The monoisotopic (exact) mass is 246 g/mol. The summed E-state index contributed by atoms with van der Waals surface area (Å²) in [7, 11) is 0. The van der Waals surface area contributed by atoms with Gasteiger partial charge < -0.3 is 5.32 Å². The fourth-order valence-electron chi connectivity index (χ4n) is 1.63. The van der Waals surface area contributed by atoms with Gasteiger partial charge in [-0.25, -0.2) is 4.39 Å². The van der Waals surface area contributed by atoms with Crippen LogP contribution in [-0.2, 0) is 6.18 Å². The maximum absolute atomic E-state index is 13.0. The molecule has 6 heteroatoms. The Morgan fingerprint density at radius 3 is 2.59 bits per heavy atom. The van der Waals surface area contributed by atoms with Gasteiger partial charge in [0.1, 0.15) is 11.7 Å². The van der Waals surface area contributed by atoms with Crippen LogP contribution in [0.3, 0.4) is 0 Å². The number of rotatable bonds is 1. The highest BCUT2D eigenvalue weighted by Crippen LogP contribution is 2.33. The van der Waals surface area contributed by atoms with Crippen molar-refractivity contribution in [3.63, 3.8) is 0 Å². The molecule has 92 valence electrons. The fraction of sp³-hybridized carbons (Fsp3) is 0.364. The van der Waals surface area contributed by atoms with Crippen molar-refractivity contribution in [3.05, 3.63) is 29.6 Å². The quantitative estimate of drug-likeness (QED) is 0.754. The molecule has 0 radical (unpaired) electrons. The van der Waals surface area contributed by atoms with Crippen LogP contribution in [0.15, 0.2) is 23.2 Å². The zero-order valence-corrected chi connectivity index (χ0v) is 8.81. The summed E-state index contributed by atoms with van der Waals surface area (Å²) >= 11 is 0. The average molecular weight is 246 g/mol. The van der Waals surface area contributed by atoms with Gasteiger partial charge >= 0.3 is 6.18 Å². The molecule has 0 unspecified atom stereocenters. The van der Waals surface area contributed by atoms with Crippen LogP contribution in [0, 0.1) is 5.82 Å². The molecule has 0 aliphatic carbocycles. The molecular weight excluding hydrogens is 236 g/mol. The number of halogens is 4. The molecule has 0 amide bonds. The first-order chi connectivity index (χ1) is 7.97. The number of nitrogens with zero attached hydrogens (tertiary/aromatic N) is 1. The molecule has 1 heterocycles. The molecule has 1 aromatic carbocycles. The molecule has 0 spiro atoms. The third-order valence-electron chi connectivity index (χ3n) is 2.43. The molecule has 1 aliphatic heterocycles. The number of nitrogens with one attached hydrogen (secondary N) is 1. The Morgan fingerprint density at radius 1 is 1.24 bits per heavy atom. The van der Waals surface area contributed by atoms with Crippen molar-refractivity contribution in [3.8, 4) is 0 Å². The van der Waals surface area contributed by atoms with E-state index in [1.54, 1.807) is 0 Å². The van der Waals surface area contributed by atoms with E-state index in [0.717, 1.165) is 18.6 Å². The maximum atomic E-state index is 13.0. The minimum absolute atomic E-state index is 0.208. The van der Waals surface area contributed by atoms with Gasteiger partial charge in [-0.15, -0.1) is 0 Å². The van der Waals surface area contributed by atoms with Crippen LogP contribution in [0.4, 0.5) is 23.2 Å². The summed E-state index contributed by atoms with van der Waals surface area (Å²) < 4.78 is 50.3. The lowest BCUT2D eigenvalue weighted by Crippen LogP contribution is -2.12. The third kappa shape index (κ3) is 2.75. The molecule has 2 nitrogen and oxygen atoms in total. The summed E-state index contributed by atoms with van der Waals surface area (Å²) in [5, 5.41) is 2.76. The molecule has 0 atom stereocenters. The van der Waals surface area contributed by atoms with Gasteiger partial charge in [0.15, 0.2) is 0 Å². The van der Waals surface area contributed by atoms with E-state index in [0.29, 0.717) is 18.8 Å². The molecule has 0 aromatic heterocycles. The van der Waals surface area contributed by atoms with E-state index >= 15 is 0 Å². The second-order valence-corrected chi connectivity index (χ2v) is 3.75. The van der Waals surface area contributed by atoms with Gasteiger partial charge in [0.25, 0.3) is 0 Å². The topological polar surface area (TPSA) is 24.4 Å². The van der Waals surface area contributed by atoms with Gasteiger partial charge in [-0.2, -0.15) is 13.2 Å². The Bertz CT molecular complexity index is 451. The molecule has 1 aliphatic rings. The lowest BCUT2D eigenvalue weighted by molar-refractivity contribution is -0.139. The highest BCUT2D eigenvalue weighted by molar-refractivity contribution is 5.96. The van der Waals surface area contributed by atoms with Gasteiger partial charge in [0, 0.05) is 18.7 Å². The van der Waals surface area contributed by atoms with E-state index < -0.39 is 17.6 Å². The first-order valence-electron chi connectivity index (χ1n) is 5.14. The predicted molar refractivity (Wildman–Crippen MR) is 56.6 cm³/mol. The Hall–Kier alpha value is -1.59. The van der Waals surface area contributed by atoms with Crippen LogP contribution in [-0.4, -0.2) is 12.4 Å². The zero-order chi connectivity index (χ0) is 12.5. The van der Waals surface area contributed by atoms with Gasteiger partial charge in [-0.05, 0) is 24.6 Å². The highest BCUT2D eigenvalue weighted by atomic mass is 19.4. The largest absolute Gasteiger partial charge is 0.419 e. The van der Waals surface area contributed by atoms with Crippen molar-refractivity contribution in [1.29, 1.82) is 0 Å². The SMILES string of the molecule is Fc1ccc(NC2=NCCC2)cc1C(F)(F)F. The predicted octanol–water partition coefficient (Wildman–Crippen LogP) is 3.45. The molecule has 0 saturated carbocycles. The summed E-state index contributed by atoms with van der Waals surface area (Å²) in [6.45, 7) is 0.676. The van der Waals surface area contributed by atoms with Crippen molar-refractivity contribution in [2.75, 3.05) is 11.9 Å². The second kappa shape index (κ2) is 4.35. The standard InChI is InChI=1S/C11H10F4N2/c12-9-4-3-7(6-8(9)11(13,14)15)17-10-2-1-5-16-10/h3-4,6H,1-2,5H2,(H,16,17). The smallest absolute Gasteiger partial charge is 0.344 e.